The van der Waals surface area contributed by atoms with E-state index in [0.29, 0.717) is 18.0 Å². The van der Waals surface area contributed by atoms with E-state index in [-0.39, 0.29) is 5.41 Å². The Balaban J connectivity index is 1.76. The number of allylic oxidation sites excluding steroid dienone is 1. The number of hydrogen-bond donors (Lipinski definition) is 0. The average molecular weight is 356 g/mol. The Labute approximate surface area is 151 Å². The van der Waals surface area contributed by atoms with Gasteiger partial charge in [0.15, 0.2) is 0 Å². The predicted molar refractivity (Wildman–Crippen MR) is 102 cm³/mol. The zero-order chi connectivity index (χ0) is 17.9. The van der Waals surface area contributed by atoms with Gasteiger partial charge in [0, 0.05) is 13.1 Å². The molecule has 4 heteroatoms. The lowest BCUT2D eigenvalue weighted by atomic mass is 9.80. The molecule has 0 spiro atoms. The summed E-state index contributed by atoms with van der Waals surface area (Å²) in [5, 5.41) is 0. The summed E-state index contributed by atoms with van der Waals surface area (Å²) in [6.07, 6.45) is 5.92. The number of benzene rings is 2. The minimum atomic E-state index is -3.44. The SMILES string of the molecule is Cc1ccc(S(=O)(=O)N2CC=CC(C)(Cc3ccccc3)CC2)cc1. The number of hydrogen-bond acceptors (Lipinski definition) is 2. The third-order valence-corrected chi connectivity index (χ3v) is 6.75. The summed E-state index contributed by atoms with van der Waals surface area (Å²) in [6.45, 7) is 5.13. The highest BCUT2D eigenvalue weighted by Crippen LogP contribution is 2.32. The van der Waals surface area contributed by atoms with E-state index in [1.54, 1.807) is 16.4 Å². The third-order valence-electron chi connectivity index (χ3n) is 4.87. The molecule has 0 aromatic heterocycles. The third kappa shape index (κ3) is 4.20. The molecule has 0 fully saturated rings. The van der Waals surface area contributed by atoms with E-state index in [4.69, 9.17) is 0 Å². The first kappa shape index (κ1) is 17.9. The molecule has 1 aliphatic rings. The molecule has 0 radical (unpaired) electrons. The molecule has 0 saturated heterocycles. The Morgan fingerprint density at radius 2 is 1.72 bits per heavy atom. The first-order valence-corrected chi connectivity index (χ1v) is 10.1. The number of aryl methyl sites for hydroxylation is 1. The first-order chi connectivity index (χ1) is 11.9. The van der Waals surface area contributed by atoms with Crippen LogP contribution in [0.5, 0.6) is 0 Å². The molecule has 0 saturated carbocycles. The Morgan fingerprint density at radius 1 is 1.04 bits per heavy atom. The van der Waals surface area contributed by atoms with Gasteiger partial charge in [-0.15, -0.1) is 0 Å². The van der Waals surface area contributed by atoms with E-state index < -0.39 is 10.0 Å². The molecular formula is C21H25NO2S. The van der Waals surface area contributed by atoms with Crippen molar-refractivity contribution >= 4 is 10.0 Å². The summed E-state index contributed by atoms with van der Waals surface area (Å²) in [6, 6.07) is 17.5. The van der Waals surface area contributed by atoms with E-state index in [2.05, 4.69) is 25.1 Å². The lowest BCUT2D eigenvalue weighted by Crippen LogP contribution is -2.33. The van der Waals surface area contributed by atoms with E-state index >= 15 is 0 Å². The molecule has 1 heterocycles. The fraction of sp³-hybridized carbons (Fsp3) is 0.333. The summed E-state index contributed by atoms with van der Waals surface area (Å²) in [4.78, 5) is 0.373. The standard InChI is InChI=1S/C21H25NO2S/c1-18-9-11-20(12-10-18)25(23,24)22-15-6-13-21(2,14-16-22)17-19-7-4-3-5-8-19/h3-13H,14-17H2,1-2H3. The zero-order valence-electron chi connectivity index (χ0n) is 14.9. The lowest BCUT2D eigenvalue weighted by molar-refractivity contribution is 0.344. The van der Waals surface area contributed by atoms with Gasteiger partial charge >= 0.3 is 0 Å². The van der Waals surface area contributed by atoms with Crippen molar-refractivity contribution in [3.05, 3.63) is 77.9 Å². The van der Waals surface area contributed by atoms with Gasteiger partial charge < -0.3 is 0 Å². The largest absolute Gasteiger partial charge is 0.243 e. The van der Waals surface area contributed by atoms with Crippen LogP contribution in [-0.4, -0.2) is 25.8 Å². The molecule has 3 rings (SSSR count). The highest BCUT2D eigenvalue weighted by atomic mass is 32.2. The molecule has 0 N–H and O–H groups in total. The van der Waals surface area contributed by atoms with E-state index in [9.17, 15) is 8.42 Å². The van der Waals surface area contributed by atoms with Gasteiger partial charge in [-0.3, -0.25) is 0 Å². The normalized spacial score (nSPS) is 21.8. The second-order valence-corrected chi connectivity index (χ2v) is 9.08. The van der Waals surface area contributed by atoms with Crippen LogP contribution in [0.4, 0.5) is 0 Å². The van der Waals surface area contributed by atoms with E-state index in [1.807, 2.05) is 43.3 Å². The van der Waals surface area contributed by atoms with Gasteiger partial charge in [0.25, 0.3) is 0 Å². The van der Waals surface area contributed by atoms with Gasteiger partial charge in [-0.2, -0.15) is 4.31 Å². The van der Waals surface area contributed by atoms with Crippen molar-refractivity contribution in [2.45, 2.75) is 31.6 Å². The van der Waals surface area contributed by atoms with Gasteiger partial charge in [0.05, 0.1) is 4.90 Å². The maximum atomic E-state index is 12.9. The first-order valence-electron chi connectivity index (χ1n) is 8.68. The average Bonchev–Trinajstić information content (AvgIpc) is 2.78. The monoisotopic (exact) mass is 355 g/mol. The van der Waals surface area contributed by atoms with Crippen molar-refractivity contribution in [2.75, 3.05) is 13.1 Å². The second-order valence-electron chi connectivity index (χ2n) is 7.14. The van der Waals surface area contributed by atoms with Crippen LogP contribution in [0.25, 0.3) is 0 Å². The van der Waals surface area contributed by atoms with Crippen LogP contribution in [0.2, 0.25) is 0 Å². The quantitative estimate of drug-likeness (QED) is 0.771. The number of sulfonamides is 1. The van der Waals surface area contributed by atoms with Crippen molar-refractivity contribution in [3.8, 4) is 0 Å². The summed E-state index contributed by atoms with van der Waals surface area (Å²) in [7, 11) is -3.44. The van der Waals surface area contributed by atoms with Crippen molar-refractivity contribution in [2.24, 2.45) is 5.41 Å². The maximum Gasteiger partial charge on any atom is 0.243 e. The number of rotatable bonds is 4. The molecule has 25 heavy (non-hydrogen) atoms. The summed E-state index contributed by atoms with van der Waals surface area (Å²) >= 11 is 0. The highest BCUT2D eigenvalue weighted by molar-refractivity contribution is 7.89. The minimum absolute atomic E-state index is 0.0289. The smallest absolute Gasteiger partial charge is 0.207 e. The highest BCUT2D eigenvalue weighted by Gasteiger charge is 2.30. The van der Waals surface area contributed by atoms with Crippen molar-refractivity contribution < 1.29 is 8.42 Å². The van der Waals surface area contributed by atoms with Crippen LogP contribution in [0.15, 0.2) is 71.6 Å². The van der Waals surface area contributed by atoms with Crippen LogP contribution in [-0.2, 0) is 16.4 Å². The predicted octanol–water partition coefficient (Wildman–Crippen LogP) is 4.19. The Hall–Kier alpha value is -1.91. The molecule has 0 amide bonds. The van der Waals surface area contributed by atoms with Gasteiger partial charge in [0.1, 0.15) is 0 Å². The van der Waals surface area contributed by atoms with Crippen LogP contribution in [0.1, 0.15) is 24.5 Å². The Bertz CT molecular complexity index is 841. The van der Waals surface area contributed by atoms with E-state index in [1.165, 1.54) is 5.56 Å². The van der Waals surface area contributed by atoms with Crippen molar-refractivity contribution in [1.29, 1.82) is 0 Å². The fourth-order valence-electron chi connectivity index (χ4n) is 3.30. The molecule has 0 bridgehead atoms. The number of nitrogens with zero attached hydrogens (tertiary/aromatic N) is 1. The van der Waals surface area contributed by atoms with Crippen molar-refractivity contribution in [1.82, 2.24) is 4.31 Å². The second kappa shape index (κ2) is 7.14. The Kier molecular flexibility index (Phi) is 5.11. The van der Waals surface area contributed by atoms with E-state index in [0.717, 1.165) is 18.4 Å². The maximum absolute atomic E-state index is 12.9. The lowest BCUT2D eigenvalue weighted by Gasteiger charge is -2.27. The molecule has 2 aromatic rings. The minimum Gasteiger partial charge on any atom is -0.207 e. The van der Waals surface area contributed by atoms with Crippen LogP contribution >= 0.6 is 0 Å². The van der Waals surface area contributed by atoms with Crippen LogP contribution in [0.3, 0.4) is 0 Å². The molecule has 1 aliphatic heterocycles. The molecule has 2 aromatic carbocycles. The zero-order valence-corrected chi connectivity index (χ0v) is 15.7. The molecular weight excluding hydrogens is 330 g/mol. The molecule has 3 nitrogen and oxygen atoms in total. The molecule has 0 aliphatic carbocycles. The molecule has 1 unspecified atom stereocenters. The summed E-state index contributed by atoms with van der Waals surface area (Å²) in [5.41, 5.74) is 2.31. The van der Waals surface area contributed by atoms with Gasteiger partial charge in [0.2, 0.25) is 10.0 Å². The van der Waals surface area contributed by atoms with Gasteiger partial charge in [-0.25, -0.2) is 8.42 Å². The molecule has 132 valence electrons. The molecule has 1 atom stereocenters. The van der Waals surface area contributed by atoms with Crippen molar-refractivity contribution in [3.63, 3.8) is 0 Å². The summed E-state index contributed by atoms with van der Waals surface area (Å²) in [5.74, 6) is 0. The fourth-order valence-corrected chi connectivity index (χ4v) is 4.69. The summed E-state index contributed by atoms with van der Waals surface area (Å²) < 4.78 is 27.4. The van der Waals surface area contributed by atoms with Crippen LogP contribution in [0, 0.1) is 12.3 Å². The topological polar surface area (TPSA) is 37.4 Å². The Morgan fingerprint density at radius 3 is 2.40 bits per heavy atom. The van der Waals surface area contributed by atoms with Gasteiger partial charge in [-0.05, 0) is 42.9 Å². The van der Waals surface area contributed by atoms with Gasteiger partial charge in [-0.1, -0.05) is 67.1 Å². The van der Waals surface area contributed by atoms with Crippen LogP contribution < -0.4 is 0 Å².